The minimum Gasteiger partial charge on any atom is -0.324 e. The van der Waals surface area contributed by atoms with Crippen LogP contribution >= 0.6 is 15.9 Å². The van der Waals surface area contributed by atoms with Gasteiger partial charge in [0.1, 0.15) is 0 Å². The number of amides is 1. The Morgan fingerprint density at radius 2 is 2.33 bits per heavy atom. The number of pyridine rings is 1. The molecule has 3 nitrogen and oxygen atoms in total. The number of rotatable bonds is 4. The van der Waals surface area contributed by atoms with Gasteiger partial charge in [0, 0.05) is 22.5 Å². The Morgan fingerprint density at radius 1 is 1.50 bits per heavy atom. The number of anilines is 1. The molecule has 2 rings (SSSR count). The molecule has 0 aliphatic rings. The number of halogens is 1. The highest BCUT2D eigenvalue weighted by Crippen LogP contribution is 2.24. The van der Waals surface area contributed by atoms with Gasteiger partial charge in [-0.2, -0.15) is 0 Å². The standard InChI is InChI=1S/C14H13BrN2O/c1-2-3-7-13(18)17-12-6-4-5-10-8-11(15)9-16-14(10)12/h2,4-6,8-9H,1,3,7H2,(H,17,18). The molecule has 1 N–H and O–H groups in total. The quantitative estimate of drug-likeness (QED) is 0.870. The lowest BCUT2D eigenvalue weighted by Gasteiger charge is -2.07. The first kappa shape index (κ1) is 12.8. The van der Waals surface area contributed by atoms with Crippen molar-refractivity contribution in [1.82, 2.24) is 4.98 Å². The summed E-state index contributed by atoms with van der Waals surface area (Å²) >= 11 is 3.38. The summed E-state index contributed by atoms with van der Waals surface area (Å²) in [5.74, 6) is -0.0212. The second kappa shape index (κ2) is 5.78. The topological polar surface area (TPSA) is 42.0 Å². The van der Waals surface area contributed by atoms with Crippen molar-refractivity contribution in [3.8, 4) is 0 Å². The molecule has 0 saturated carbocycles. The van der Waals surface area contributed by atoms with Crippen molar-refractivity contribution >= 4 is 38.4 Å². The molecule has 0 spiro atoms. The van der Waals surface area contributed by atoms with Crippen molar-refractivity contribution in [3.05, 3.63) is 47.6 Å². The zero-order valence-corrected chi connectivity index (χ0v) is 11.4. The van der Waals surface area contributed by atoms with Crippen molar-refractivity contribution in [2.75, 3.05) is 5.32 Å². The molecule has 0 saturated heterocycles. The largest absolute Gasteiger partial charge is 0.324 e. The average Bonchev–Trinajstić information content (AvgIpc) is 2.36. The van der Waals surface area contributed by atoms with Crippen molar-refractivity contribution in [1.29, 1.82) is 0 Å². The first-order valence-corrected chi connectivity index (χ1v) is 6.45. The van der Waals surface area contributed by atoms with Crippen molar-refractivity contribution in [3.63, 3.8) is 0 Å². The fourth-order valence-electron chi connectivity index (χ4n) is 1.68. The van der Waals surface area contributed by atoms with Crippen LogP contribution < -0.4 is 5.32 Å². The lowest BCUT2D eigenvalue weighted by Crippen LogP contribution is -2.11. The van der Waals surface area contributed by atoms with E-state index in [1.165, 1.54) is 0 Å². The van der Waals surface area contributed by atoms with Crippen molar-refractivity contribution < 1.29 is 4.79 Å². The third-order valence-electron chi connectivity index (χ3n) is 2.53. The number of allylic oxidation sites excluding steroid dienone is 1. The van der Waals surface area contributed by atoms with Crippen LogP contribution in [0.3, 0.4) is 0 Å². The molecule has 92 valence electrons. The smallest absolute Gasteiger partial charge is 0.224 e. The fourth-order valence-corrected chi connectivity index (χ4v) is 2.03. The number of fused-ring (bicyclic) bond motifs is 1. The van der Waals surface area contributed by atoms with Crippen LogP contribution in [0, 0.1) is 0 Å². The highest BCUT2D eigenvalue weighted by molar-refractivity contribution is 9.10. The highest BCUT2D eigenvalue weighted by atomic mass is 79.9. The second-order valence-electron chi connectivity index (χ2n) is 3.91. The molecule has 0 aliphatic carbocycles. The van der Waals surface area contributed by atoms with Crippen molar-refractivity contribution in [2.45, 2.75) is 12.8 Å². The number of nitrogens with zero attached hydrogens (tertiary/aromatic N) is 1. The lowest BCUT2D eigenvalue weighted by atomic mass is 10.2. The summed E-state index contributed by atoms with van der Waals surface area (Å²) in [6.07, 6.45) is 4.58. The van der Waals surface area contributed by atoms with E-state index in [9.17, 15) is 4.79 Å². The van der Waals surface area contributed by atoms with Gasteiger partial charge in [-0.15, -0.1) is 6.58 Å². The van der Waals surface area contributed by atoms with Gasteiger partial charge in [0.2, 0.25) is 5.91 Å². The maximum Gasteiger partial charge on any atom is 0.224 e. The van der Waals surface area contributed by atoms with Gasteiger partial charge in [-0.25, -0.2) is 0 Å². The van der Waals surface area contributed by atoms with E-state index in [4.69, 9.17) is 0 Å². The van der Waals surface area contributed by atoms with E-state index < -0.39 is 0 Å². The molecule has 1 amide bonds. The summed E-state index contributed by atoms with van der Waals surface area (Å²) in [5.41, 5.74) is 1.54. The van der Waals surface area contributed by atoms with Gasteiger partial charge in [-0.3, -0.25) is 9.78 Å². The van der Waals surface area contributed by atoms with Gasteiger partial charge in [0.05, 0.1) is 11.2 Å². The maximum atomic E-state index is 11.7. The van der Waals surface area contributed by atoms with Crippen LogP contribution in [0.15, 0.2) is 47.6 Å². The molecule has 0 aliphatic heterocycles. The lowest BCUT2D eigenvalue weighted by molar-refractivity contribution is -0.116. The third kappa shape index (κ3) is 2.96. The van der Waals surface area contributed by atoms with Crippen molar-refractivity contribution in [2.24, 2.45) is 0 Å². The number of hydrogen-bond acceptors (Lipinski definition) is 2. The molecule has 0 radical (unpaired) electrons. The average molecular weight is 305 g/mol. The number of benzene rings is 1. The second-order valence-corrected chi connectivity index (χ2v) is 4.82. The summed E-state index contributed by atoms with van der Waals surface area (Å²) in [6, 6.07) is 7.70. The van der Waals surface area contributed by atoms with Gasteiger partial charge >= 0.3 is 0 Å². The number of para-hydroxylation sites is 1. The molecule has 0 fully saturated rings. The van der Waals surface area contributed by atoms with Crippen LogP contribution in [0.2, 0.25) is 0 Å². The Labute approximate surface area is 114 Å². The zero-order chi connectivity index (χ0) is 13.0. The van der Waals surface area contributed by atoms with Crippen LogP contribution in [0.4, 0.5) is 5.69 Å². The van der Waals surface area contributed by atoms with Gasteiger partial charge in [-0.1, -0.05) is 18.2 Å². The molecule has 18 heavy (non-hydrogen) atoms. The van der Waals surface area contributed by atoms with Gasteiger partial charge in [-0.05, 0) is 34.5 Å². The minimum absolute atomic E-state index is 0.0212. The summed E-state index contributed by atoms with van der Waals surface area (Å²) < 4.78 is 0.921. The van der Waals surface area contributed by atoms with Gasteiger partial charge < -0.3 is 5.32 Å². The summed E-state index contributed by atoms with van der Waals surface area (Å²) in [7, 11) is 0. The number of carbonyl (C=O) groups excluding carboxylic acids is 1. The van der Waals surface area contributed by atoms with Gasteiger partial charge in [0.15, 0.2) is 0 Å². The Hall–Kier alpha value is -1.68. The van der Waals surface area contributed by atoms with Crippen LogP contribution in [0.25, 0.3) is 10.9 Å². The Kier molecular flexibility index (Phi) is 4.10. The number of nitrogens with one attached hydrogen (secondary N) is 1. The van der Waals surface area contributed by atoms with E-state index in [0.29, 0.717) is 12.8 Å². The number of hydrogen-bond donors (Lipinski definition) is 1. The summed E-state index contributed by atoms with van der Waals surface area (Å²) in [6.45, 7) is 3.60. The first-order chi connectivity index (χ1) is 8.70. The van der Waals surface area contributed by atoms with Crippen LogP contribution in [0.5, 0.6) is 0 Å². The molecule has 1 heterocycles. The predicted octanol–water partition coefficient (Wildman–Crippen LogP) is 3.90. The monoisotopic (exact) mass is 304 g/mol. The SMILES string of the molecule is C=CCCC(=O)Nc1cccc2cc(Br)cnc12. The minimum atomic E-state index is -0.0212. The van der Waals surface area contributed by atoms with Gasteiger partial charge in [0.25, 0.3) is 0 Å². The van der Waals surface area contributed by atoms with Crippen LogP contribution in [-0.4, -0.2) is 10.9 Å². The molecule has 2 aromatic rings. The predicted molar refractivity (Wildman–Crippen MR) is 77.5 cm³/mol. The molecule has 0 atom stereocenters. The molecular formula is C14H13BrN2O. The molecule has 4 heteroatoms. The normalized spacial score (nSPS) is 10.3. The van der Waals surface area contributed by atoms with E-state index in [0.717, 1.165) is 21.1 Å². The van der Waals surface area contributed by atoms with E-state index in [2.05, 4.69) is 32.8 Å². The van der Waals surface area contributed by atoms with Crippen LogP contribution in [0.1, 0.15) is 12.8 Å². The summed E-state index contributed by atoms with van der Waals surface area (Å²) in [5, 5.41) is 3.87. The number of aromatic nitrogens is 1. The highest BCUT2D eigenvalue weighted by Gasteiger charge is 2.06. The molecular weight excluding hydrogens is 292 g/mol. The fraction of sp³-hybridized carbons (Fsp3) is 0.143. The molecule has 0 unspecified atom stereocenters. The first-order valence-electron chi connectivity index (χ1n) is 5.66. The molecule has 0 bridgehead atoms. The Bertz CT molecular complexity index is 595. The number of carbonyl (C=O) groups is 1. The zero-order valence-electron chi connectivity index (χ0n) is 9.82. The van der Waals surface area contributed by atoms with E-state index in [1.807, 2.05) is 24.3 Å². The Balaban J connectivity index is 2.28. The molecule has 1 aromatic heterocycles. The maximum absolute atomic E-state index is 11.7. The van der Waals surface area contributed by atoms with E-state index in [-0.39, 0.29) is 5.91 Å². The Morgan fingerprint density at radius 3 is 3.11 bits per heavy atom. The van der Waals surface area contributed by atoms with E-state index >= 15 is 0 Å². The third-order valence-corrected chi connectivity index (χ3v) is 2.96. The van der Waals surface area contributed by atoms with E-state index in [1.54, 1.807) is 12.3 Å². The molecule has 1 aromatic carbocycles. The summed E-state index contributed by atoms with van der Waals surface area (Å²) in [4.78, 5) is 16.0. The van der Waals surface area contributed by atoms with Crippen LogP contribution in [-0.2, 0) is 4.79 Å².